The average Bonchev–Trinajstić information content (AvgIpc) is 4.20. The molecule has 0 radical (unpaired) electrons. The van der Waals surface area contributed by atoms with E-state index in [9.17, 15) is 19.2 Å². The number of hydrogen-bond donors (Lipinski definition) is 0. The van der Waals surface area contributed by atoms with E-state index < -0.39 is 5.41 Å². The van der Waals surface area contributed by atoms with Crippen molar-refractivity contribution >= 4 is 35.0 Å². The van der Waals surface area contributed by atoms with Crippen molar-refractivity contribution in [1.29, 1.82) is 0 Å². The SMILES string of the molecule is O=C1[C@@H]2[C@H](C(=O)N1c1ccc(Oc3ccc(C(c4ccccc4)(c4ccccc4)c4ccc(Oc5ccc(N6C(=O)[C@@H]7[C@H](C6=O)[C@H]6C=C[C@H]7C6)cc5)cc4)cc3)cc1)[C@H]1C=C[C@H]2C1. The van der Waals surface area contributed by atoms with Gasteiger partial charge in [0.1, 0.15) is 23.0 Å². The van der Waals surface area contributed by atoms with E-state index in [4.69, 9.17) is 9.47 Å². The van der Waals surface area contributed by atoms with Crippen molar-refractivity contribution in [2.24, 2.45) is 47.3 Å². The van der Waals surface area contributed by atoms with E-state index in [1.807, 2.05) is 36.4 Å². The van der Waals surface area contributed by atoms with Gasteiger partial charge < -0.3 is 9.47 Å². The van der Waals surface area contributed by atoms with E-state index in [0.717, 1.165) is 35.1 Å². The molecule has 8 nitrogen and oxygen atoms in total. The molecule has 2 saturated heterocycles. The number of ether oxygens (including phenoxy) is 2. The van der Waals surface area contributed by atoms with Crippen molar-refractivity contribution in [3.05, 3.63) is 204 Å². The first kappa shape index (κ1) is 37.4. The Balaban J connectivity index is 0.806. The second-order valence-corrected chi connectivity index (χ2v) is 17.7. The third-order valence-electron chi connectivity index (χ3n) is 14.6. The van der Waals surface area contributed by atoms with Crippen molar-refractivity contribution in [3.8, 4) is 23.0 Å². The summed E-state index contributed by atoms with van der Waals surface area (Å²) < 4.78 is 12.7. The Morgan fingerprint density at radius 1 is 0.349 bits per heavy atom. The summed E-state index contributed by atoms with van der Waals surface area (Å²) >= 11 is 0. The lowest BCUT2D eigenvalue weighted by molar-refractivity contribution is -0.124. The van der Waals surface area contributed by atoms with Crippen LogP contribution in [0.4, 0.5) is 11.4 Å². The fourth-order valence-corrected chi connectivity index (χ4v) is 11.8. The Kier molecular flexibility index (Phi) is 8.55. The minimum Gasteiger partial charge on any atom is -0.457 e. The maximum atomic E-state index is 13.4. The predicted molar refractivity (Wildman–Crippen MR) is 238 cm³/mol. The van der Waals surface area contributed by atoms with Crippen LogP contribution in [0.1, 0.15) is 35.1 Å². The highest BCUT2D eigenvalue weighted by Gasteiger charge is 2.60. The van der Waals surface area contributed by atoms with E-state index in [1.54, 1.807) is 48.5 Å². The molecule has 6 aliphatic rings. The Morgan fingerprint density at radius 2 is 0.619 bits per heavy atom. The summed E-state index contributed by atoms with van der Waals surface area (Å²) in [6, 6.07) is 51.6. The van der Waals surface area contributed by atoms with Crippen LogP contribution in [0.2, 0.25) is 0 Å². The largest absolute Gasteiger partial charge is 0.457 e. The van der Waals surface area contributed by atoms with Crippen LogP contribution in [0, 0.1) is 47.3 Å². The minimum atomic E-state index is -0.715. The van der Waals surface area contributed by atoms with Gasteiger partial charge in [0.05, 0.1) is 40.5 Å². The second kappa shape index (κ2) is 14.4. The molecule has 308 valence electrons. The third kappa shape index (κ3) is 5.73. The monoisotopic (exact) mass is 826 g/mol. The molecule has 4 bridgehead atoms. The fourth-order valence-electron chi connectivity index (χ4n) is 11.8. The van der Waals surface area contributed by atoms with Crippen molar-refractivity contribution in [1.82, 2.24) is 0 Å². The highest BCUT2D eigenvalue weighted by Crippen LogP contribution is 2.55. The van der Waals surface area contributed by atoms with Gasteiger partial charge in [-0.1, -0.05) is 109 Å². The number of anilines is 2. The van der Waals surface area contributed by atoms with Crippen molar-refractivity contribution < 1.29 is 28.7 Å². The molecule has 63 heavy (non-hydrogen) atoms. The lowest BCUT2D eigenvalue weighted by Crippen LogP contribution is -2.32. The lowest BCUT2D eigenvalue weighted by atomic mass is 9.65. The fraction of sp³-hybridized carbons (Fsp3) is 0.200. The quantitative estimate of drug-likeness (QED) is 0.0776. The van der Waals surface area contributed by atoms with Gasteiger partial charge in [0.15, 0.2) is 0 Å². The number of hydrogen-bond acceptors (Lipinski definition) is 6. The molecule has 2 aliphatic heterocycles. The van der Waals surface area contributed by atoms with Gasteiger partial charge in [0.2, 0.25) is 23.6 Å². The molecule has 2 heterocycles. The topological polar surface area (TPSA) is 93.2 Å². The number of nitrogens with zero attached hydrogens (tertiary/aromatic N) is 2. The summed E-state index contributed by atoms with van der Waals surface area (Å²) in [5, 5.41) is 0. The first-order valence-electron chi connectivity index (χ1n) is 21.9. The molecule has 0 N–H and O–H groups in total. The van der Waals surface area contributed by atoms with Crippen LogP contribution in [0.15, 0.2) is 182 Å². The molecule has 6 aromatic rings. The summed E-state index contributed by atoms with van der Waals surface area (Å²) in [6.07, 6.45) is 10.2. The van der Waals surface area contributed by atoms with E-state index in [-0.39, 0.29) is 71.0 Å². The first-order chi connectivity index (χ1) is 30.9. The van der Waals surface area contributed by atoms with Gasteiger partial charge in [-0.3, -0.25) is 29.0 Å². The molecule has 4 fully saturated rings. The number of allylic oxidation sites excluding steroid dienone is 4. The molecule has 0 aromatic heterocycles. The van der Waals surface area contributed by atoms with Crippen molar-refractivity contribution in [3.63, 3.8) is 0 Å². The van der Waals surface area contributed by atoms with Crippen LogP contribution in [-0.4, -0.2) is 23.6 Å². The van der Waals surface area contributed by atoms with Crippen LogP contribution in [0.25, 0.3) is 0 Å². The van der Waals surface area contributed by atoms with Gasteiger partial charge in [-0.15, -0.1) is 0 Å². The van der Waals surface area contributed by atoms with Gasteiger partial charge in [-0.25, -0.2) is 0 Å². The standard InChI is InChI=1S/C55H42N2O6/c58-51-47-33-11-12-34(31-33)48(47)52(59)56(51)41-19-27-45(28-20-41)62-43-23-15-39(16-24-43)55(37-7-3-1-4-8-37,38-9-5-2-6-10-38)40-17-25-44(26-18-40)63-46-29-21-42(22-30-46)57-53(60)49-35-13-14-36(32-35)50(49)54(57)61/h1-30,33-36,47-50H,31-32H2/t33-,34-,35-,36-,47-,48+,49-,50+/m0/s1. The third-order valence-corrected chi connectivity index (χ3v) is 14.6. The van der Waals surface area contributed by atoms with Crippen LogP contribution < -0.4 is 19.3 Å². The summed E-state index contributed by atoms with van der Waals surface area (Å²) in [5.41, 5.74) is 4.67. The second-order valence-electron chi connectivity index (χ2n) is 17.7. The number of rotatable bonds is 10. The zero-order chi connectivity index (χ0) is 42.4. The summed E-state index contributed by atoms with van der Waals surface area (Å²) in [4.78, 5) is 56.3. The Bertz CT molecular complexity index is 2600. The van der Waals surface area contributed by atoms with Crippen LogP contribution >= 0.6 is 0 Å². The summed E-state index contributed by atoms with van der Waals surface area (Å²) in [7, 11) is 0. The molecule has 8 heteroatoms. The molecule has 6 aromatic carbocycles. The molecule has 0 spiro atoms. The number of fused-ring (bicyclic) bond motifs is 10. The molecule has 0 unspecified atom stereocenters. The summed E-state index contributed by atoms with van der Waals surface area (Å²) in [5.74, 6) is 1.78. The highest BCUT2D eigenvalue weighted by atomic mass is 16.5. The number of benzene rings is 6. The predicted octanol–water partition coefficient (Wildman–Crippen LogP) is 10.3. The van der Waals surface area contributed by atoms with Crippen LogP contribution in [0.5, 0.6) is 23.0 Å². The molecular weight excluding hydrogens is 785 g/mol. The molecule has 8 atom stereocenters. The zero-order valence-corrected chi connectivity index (χ0v) is 34.2. The highest BCUT2D eigenvalue weighted by molar-refractivity contribution is 6.23. The Labute approximate surface area is 365 Å². The van der Waals surface area contributed by atoms with Crippen molar-refractivity contribution in [2.75, 3.05) is 9.80 Å². The Morgan fingerprint density at radius 3 is 0.921 bits per heavy atom. The lowest BCUT2D eigenvalue weighted by Gasteiger charge is -2.37. The number of carbonyl (C=O) groups excluding carboxylic acids is 4. The molecule has 4 aliphatic carbocycles. The minimum absolute atomic E-state index is 0.0959. The van der Waals surface area contributed by atoms with E-state index in [2.05, 4.69) is 97.1 Å². The maximum Gasteiger partial charge on any atom is 0.238 e. The number of imide groups is 2. The molecule has 12 rings (SSSR count). The van der Waals surface area contributed by atoms with Gasteiger partial charge in [0, 0.05) is 0 Å². The van der Waals surface area contributed by atoms with Gasteiger partial charge >= 0.3 is 0 Å². The van der Waals surface area contributed by atoms with Gasteiger partial charge in [-0.05, 0) is 132 Å². The molecular formula is C55H42N2O6. The summed E-state index contributed by atoms with van der Waals surface area (Å²) in [6.45, 7) is 0. The van der Waals surface area contributed by atoms with Gasteiger partial charge in [-0.2, -0.15) is 0 Å². The smallest absolute Gasteiger partial charge is 0.238 e. The molecule has 4 amide bonds. The van der Waals surface area contributed by atoms with Crippen LogP contribution in [0.3, 0.4) is 0 Å². The van der Waals surface area contributed by atoms with Crippen LogP contribution in [-0.2, 0) is 24.6 Å². The van der Waals surface area contributed by atoms with E-state index in [0.29, 0.717) is 34.4 Å². The maximum absolute atomic E-state index is 13.4. The first-order valence-corrected chi connectivity index (χ1v) is 21.9. The zero-order valence-electron chi connectivity index (χ0n) is 34.2. The van der Waals surface area contributed by atoms with E-state index in [1.165, 1.54) is 9.80 Å². The molecule has 2 saturated carbocycles. The number of carbonyl (C=O) groups is 4. The van der Waals surface area contributed by atoms with Crippen molar-refractivity contribution in [2.45, 2.75) is 18.3 Å². The average molecular weight is 827 g/mol. The van der Waals surface area contributed by atoms with E-state index >= 15 is 0 Å². The van der Waals surface area contributed by atoms with Gasteiger partial charge in [0.25, 0.3) is 0 Å². The number of amides is 4. The Hall–Kier alpha value is -7.32. The normalized spacial score (nSPS) is 26.2.